The Bertz CT molecular complexity index is 815. The van der Waals surface area contributed by atoms with Gasteiger partial charge in [0.05, 0.1) is 21.7 Å². The zero-order valence-electron chi connectivity index (χ0n) is 10.8. The molecular formula is C15H7ClF3NO2. The first-order valence-electron chi connectivity index (χ1n) is 6.15. The molecule has 0 aliphatic carbocycles. The number of amides is 2. The van der Waals surface area contributed by atoms with Gasteiger partial charge < -0.3 is 0 Å². The molecule has 0 saturated heterocycles. The van der Waals surface area contributed by atoms with Crippen LogP contribution in [0, 0.1) is 0 Å². The molecule has 1 N–H and O–H groups in total. The summed E-state index contributed by atoms with van der Waals surface area (Å²) in [5, 5.41) is 1.69. The Kier molecular flexibility index (Phi) is 3.21. The van der Waals surface area contributed by atoms with E-state index in [1.54, 1.807) is 12.1 Å². The summed E-state index contributed by atoms with van der Waals surface area (Å²) in [5.41, 5.74) is 0.0732. The number of carbonyl (C=O) groups excluding carboxylic acids is 2. The normalized spacial score (nSPS) is 14.0. The second kappa shape index (κ2) is 4.84. The quantitative estimate of drug-likeness (QED) is 0.808. The molecule has 2 amide bonds. The molecule has 3 nitrogen and oxygen atoms in total. The summed E-state index contributed by atoms with van der Waals surface area (Å²) in [6.45, 7) is 0. The molecular weight excluding hydrogens is 319 g/mol. The van der Waals surface area contributed by atoms with Crippen molar-refractivity contribution in [2.75, 3.05) is 0 Å². The summed E-state index contributed by atoms with van der Waals surface area (Å²) in [6.07, 6.45) is -4.55. The van der Waals surface area contributed by atoms with Crippen LogP contribution in [-0.2, 0) is 6.18 Å². The molecule has 2 aromatic carbocycles. The highest BCUT2D eigenvalue weighted by atomic mass is 35.5. The number of hydrogen-bond donors (Lipinski definition) is 1. The van der Waals surface area contributed by atoms with Gasteiger partial charge in [-0.1, -0.05) is 29.8 Å². The lowest BCUT2D eigenvalue weighted by Crippen LogP contribution is -2.20. The number of halogens is 4. The Morgan fingerprint density at radius 2 is 1.64 bits per heavy atom. The van der Waals surface area contributed by atoms with Crippen LogP contribution in [0.4, 0.5) is 13.2 Å². The maximum absolute atomic E-state index is 12.7. The lowest BCUT2D eigenvalue weighted by atomic mass is 9.96. The van der Waals surface area contributed by atoms with Gasteiger partial charge in [0.15, 0.2) is 0 Å². The van der Waals surface area contributed by atoms with E-state index in [0.717, 1.165) is 12.1 Å². The van der Waals surface area contributed by atoms with Gasteiger partial charge in [-0.2, -0.15) is 13.2 Å². The molecule has 0 fully saturated rings. The van der Waals surface area contributed by atoms with Gasteiger partial charge in [-0.05, 0) is 29.3 Å². The molecule has 22 heavy (non-hydrogen) atoms. The zero-order valence-corrected chi connectivity index (χ0v) is 11.5. The van der Waals surface area contributed by atoms with Gasteiger partial charge in [0.25, 0.3) is 11.8 Å². The van der Waals surface area contributed by atoms with Crippen LogP contribution < -0.4 is 5.32 Å². The van der Waals surface area contributed by atoms with Gasteiger partial charge in [0.1, 0.15) is 0 Å². The highest BCUT2D eigenvalue weighted by Gasteiger charge is 2.34. The summed E-state index contributed by atoms with van der Waals surface area (Å²) >= 11 is 5.69. The standard InChI is InChI=1S/C15H7ClF3NO2/c16-11-6-7(4-5-10(11)15(17,18)19)8-2-1-3-9-12(8)14(22)20-13(9)21/h1-6H,(H,20,21,22). The molecule has 2 aromatic rings. The van der Waals surface area contributed by atoms with Gasteiger partial charge in [-0.3, -0.25) is 14.9 Å². The fraction of sp³-hybridized carbons (Fsp3) is 0.0667. The van der Waals surface area contributed by atoms with Crippen LogP contribution in [-0.4, -0.2) is 11.8 Å². The van der Waals surface area contributed by atoms with Crippen molar-refractivity contribution in [1.29, 1.82) is 0 Å². The van der Waals surface area contributed by atoms with E-state index >= 15 is 0 Å². The van der Waals surface area contributed by atoms with Gasteiger partial charge >= 0.3 is 6.18 Å². The van der Waals surface area contributed by atoms with Crippen molar-refractivity contribution in [2.45, 2.75) is 6.18 Å². The Hall–Kier alpha value is -2.34. The monoisotopic (exact) mass is 325 g/mol. The summed E-state index contributed by atoms with van der Waals surface area (Å²) in [6, 6.07) is 7.79. The van der Waals surface area contributed by atoms with Crippen molar-refractivity contribution < 1.29 is 22.8 Å². The third kappa shape index (κ3) is 2.25. The molecule has 0 bridgehead atoms. The van der Waals surface area contributed by atoms with Crippen molar-refractivity contribution in [3.8, 4) is 11.1 Å². The molecule has 1 heterocycles. The maximum atomic E-state index is 12.7. The number of carbonyl (C=O) groups is 2. The number of rotatable bonds is 1. The highest BCUT2D eigenvalue weighted by Crippen LogP contribution is 2.38. The molecule has 1 aliphatic rings. The minimum absolute atomic E-state index is 0.142. The third-order valence-corrected chi connectivity index (χ3v) is 3.66. The lowest BCUT2D eigenvalue weighted by molar-refractivity contribution is -0.137. The van der Waals surface area contributed by atoms with Crippen molar-refractivity contribution in [3.63, 3.8) is 0 Å². The average molecular weight is 326 g/mol. The van der Waals surface area contributed by atoms with E-state index in [1.807, 2.05) is 0 Å². The van der Waals surface area contributed by atoms with Crippen LogP contribution in [0.5, 0.6) is 0 Å². The second-order valence-corrected chi connectivity index (χ2v) is 5.11. The Morgan fingerprint density at radius 3 is 2.27 bits per heavy atom. The third-order valence-electron chi connectivity index (χ3n) is 3.35. The number of fused-ring (bicyclic) bond motifs is 1. The minimum atomic E-state index is -4.55. The molecule has 1 aliphatic heterocycles. The Balaban J connectivity index is 2.17. The van der Waals surface area contributed by atoms with Crippen LogP contribution in [0.3, 0.4) is 0 Å². The number of benzene rings is 2. The largest absolute Gasteiger partial charge is 0.417 e. The molecule has 7 heteroatoms. The van der Waals surface area contributed by atoms with Crippen LogP contribution in [0.2, 0.25) is 5.02 Å². The summed E-state index contributed by atoms with van der Waals surface area (Å²) in [4.78, 5) is 23.4. The van der Waals surface area contributed by atoms with E-state index in [0.29, 0.717) is 11.1 Å². The molecule has 3 rings (SSSR count). The number of alkyl halides is 3. The predicted molar refractivity (Wildman–Crippen MR) is 73.7 cm³/mol. The van der Waals surface area contributed by atoms with E-state index < -0.39 is 28.6 Å². The van der Waals surface area contributed by atoms with E-state index in [9.17, 15) is 22.8 Å². The van der Waals surface area contributed by atoms with Gasteiger partial charge in [0, 0.05) is 0 Å². The van der Waals surface area contributed by atoms with E-state index in [4.69, 9.17) is 11.6 Å². The number of hydrogen-bond acceptors (Lipinski definition) is 2. The maximum Gasteiger partial charge on any atom is 0.417 e. The van der Waals surface area contributed by atoms with Gasteiger partial charge in [-0.15, -0.1) is 0 Å². The summed E-state index contributed by atoms with van der Waals surface area (Å²) < 4.78 is 38.2. The number of nitrogens with one attached hydrogen (secondary N) is 1. The first-order valence-corrected chi connectivity index (χ1v) is 6.52. The van der Waals surface area contributed by atoms with Crippen molar-refractivity contribution in [1.82, 2.24) is 5.32 Å². The molecule has 0 radical (unpaired) electrons. The highest BCUT2D eigenvalue weighted by molar-refractivity contribution is 6.32. The van der Waals surface area contributed by atoms with Gasteiger partial charge in [0.2, 0.25) is 0 Å². The smallest absolute Gasteiger partial charge is 0.288 e. The Labute approximate surface area is 127 Å². The summed E-state index contributed by atoms with van der Waals surface area (Å²) in [5.74, 6) is -1.11. The minimum Gasteiger partial charge on any atom is -0.288 e. The van der Waals surface area contributed by atoms with Crippen LogP contribution in [0.1, 0.15) is 26.3 Å². The Morgan fingerprint density at radius 1 is 0.955 bits per heavy atom. The predicted octanol–water partition coefficient (Wildman–Crippen LogP) is 3.91. The number of imide groups is 1. The van der Waals surface area contributed by atoms with E-state index in [-0.39, 0.29) is 11.1 Å². The van der Waals surface area contributed by atoms with Crippen molar-refractivity contribution in [2.24, 2.45) is 0 Å². The van der Waals surface area contributed by atoms with E-state index in [1.165, 1.54) is 12.1 Å². The zero-order chi connectivity index (χ0) is 16.1. The lowest BCUT2D eigenvalue weighted by Gasteiger charge is -2.11. The molecule has 0 aromatic heterocycles. The second-order valence-electron chi connectivity index (χ2n) is 4.70. The van der Waals surface area contributed by atoms with Gasteiger partial charge in [-0.25, -0.2) is 0 Å². The average Bonchev–Trinajstić information content (AvgIpc) is 2.73. The fourth-order valence-corrected chi connectivity index (χ4v) is 2.66. The van der Waals surface area contributed by atoms with Crippen LogP contribution in [0.25, 0.3) is 11.1 Å². The summed E-state index contributed by atoms with van der Waals surface area (Å²) in [7, 11) is 0. The molecule has 0 unspecified atom stereocenters. The fourth-order valence-electron chi connectivity index (χ4n) is 2.37. The first kappa shape index (κ1) is 14.6. The van der Waals surface area contributed by atoms with E-state index in [2.05, 4.69) is 5.32 Å². The van der Waals surface area contributed by atoms with Crippen molar-refractivity contribution >= 4 is 23.4 Å². The van der Waals surface area contributed by atoms with Crippen molar-refractivity contribution in [3.05, 3.63) is 58.1 Å². The van der Waals surface area contributed by atoms with Crippen LogP contribution in [0.15, 0.2) is 36.4 Å². The topological polar surface area (TPSA) is 46.2 Å². The molecule has 0 spiro atoms. The first-order chi connectivity index (χ1) is 10.3. The molecule has 0 saturated carbocycles. The van der Waals surface area contributed by atoms with Crippen LogP contribution >= 0.6 is 11.6 Å². The molecule has 0 atom stereocenters. The molecule has 112 valence electrons. The SMILES string of the molecule is O=C1NC(=O)c2c1cccc2-c1ccc(C(F)(F)F)c(Cl)c1.